The van der Waals surface area contributed by atoms with Gasteiger partial charge in [-0.3, -0.25) is 15.0 Å². The summed E-state index contributed by atoms with van der Waals surface area (Å²) < 4.78 is 15.3. The van der Waals surface area contributed by atoms with E-state index in [2.05, 4.69) is 37.9 Å². The second kappa shape index (κ2) is 10.0. The van der Waals surface area contributed by atoms with Crippen LogP contribution in [-0.4, -0.2) is 19.9 Å². The molecule has 0 radical (unpaired) electrons. The Morgan fingerprint density at radius 1 is 1.15 bits per heavy atom. The van der Waals surface area contributed by atoms with E-state index in [0.717, 1.165) is 34.0 Å². The van der Waals surface area contributed by atoms with Gasteiger partial charge in [-0.25, -0.2) is 9.37 Å². The number of nitrogens with one attached hydrogen (secondary N) is 1. The fourth-order valence-corrected chi connectivity index (χ4v) is 3.55. The van der Waals surface area contributed by atoms with Crippen LogP contribution in [0.1, 0.15) is 37.1 Å². The molecule has 168 valence electrons. The highest BCUT2D eigenvalue weighted by Gasteiger charge is 2.14. The number of fused-ring (bicyclic) bond motifs is 1. The van der Waals surface area contributed by atoms with Gasteiger partial charge in [0.15, 0.2) is 11.6 Å². The number of nitrogens with zero attached hydrogens (tertiary/aromatic N) is 5. The van der Waals surface area contributed by atoms with Crippen molar-refractivity contribution < 1.29 is 4.39 Å². The Balaban J connectivity index is 1.57. The Hall–Kier alpha value is -4.44. The number of allylic oxidation sites excluding steroid dienone is 3. The molecule has 1 N–H and O–H groups in total. The summed E-state index contributed by atoms with van der Waals surface area (Å²) in [5.41, 5.74) is 5.23. The molecule has 6 nitrogen and oxygen atoms in total. The lowest BCUT2D eigenvalue weighted by Gasteiger charge is -2.11. The normalized spacial score (nSPS) is 11.3. The zero-order valence-corrected chi connectivity index (χ0v) is 19.0. The van der Waals surface area contributed by atoms with Crippen LogP contribution in [0.15, 0.2) is 73.3 Å². The molecule has 0 aromatic carbocycles. The minimum Gasteiger partial charge on any atom is -0.363 e. The van der Waals surface area contributed by atoms with Gasteiger partial charge in [0.1, 0.15) is 6.07 Å². The van der Waals surface area contributed by atoms with E-state index in [1.165, 1.54) is 6.20 Å². The zero-order chi connectivity index (χ0) is 24.1. The quantitative estimate of drug-likeness (QED) is 0.343. The first-order valence-electron chi connectivity index (χ1n) is 10.8. The molecule has 0 fully saturated rings. The molecule has 7 heteroatoms. The molecule has 0 saturated carbocycles. The second-order valence-corrected chi connectivity index (χ2v) is 7.83. The average molecular weight is 451 g/mol. The van der Waals surface area contributed by atoms with Crippen LogP contribution in [0.25, 0.3) is 27.7 Å². The van der Waals surface area contributed by atoms with Gasteiger partial charge in [0, 0.05) is 36.1 Å². The zero-order valence-electron chi connectivity index (χ0n) is 19.0. The molecule has 4 rings (SSSR count). The molecule has 0 aliphatic heterocycles. The number of hydrogen-bond acceptors (Lipinski definition) is 6. The van der Waals surface area contributed by atoms with Gasteiger partial charge in [-0.05, 0) is 48.7 Å². The summed E-state index contributed by atoms with van der Waals surface area (Å²) in [6.45, 7) is 8.17. The highest BCUT2D eigenvalue weighted by atomic mass is 19.1. The van der Waals surface area contributed by atoms with Gasteiger partial charge in [-0.15, -0.1) is 0 Å². The summed E-state index contributed by atoms with van der Waals surface area (Å²) in [7, 11) is 0. The summed E-state index contributed by atoms with van der Waals surface area (Å²) in [6, 6.07) is 11.1. The summed E-state index contributed by atoms with van der Waals surface area (Å²) in [6.07, 6.45) is 9.28. The van der Waals surface area contributed by atoms with Crippen LogP contribution < -0.4 is 5.32 Å². The van der Waals surface area contributed by atoms with E-state index < -0.39 is 5.82 Å². The summed E-state index contributed by atoms with van der Waals surface area (Å²) in [4.78, 5) is 17.2. The van der Waals surface area contributed by atoms with Crippen molar-refractivity contribution in [3.63, 3.8) is 0 Å². The van der Waals surface area contributed by atoms with Crippen molar-refractivity contribution in [2.75, 3.05) is 5.32 Å². The molecular weight excluding hydrogens is 427 g/mol. The molecule has 0 aliphatic carbocycles. The maximum Gasteiger partial charge on any atom is 0.174 e. The lowest BCUT2D eigenvalue weighted by atomic mass is 10.0. The predicted molar refractivity (Wildman–Crippen MR) is 132 cm³/mol. The SMILES string of the molecule is C=C(/C=C(\C)c1ncc(CNc2nccc(-c3cc4cccnc4cn3)c2F)cc1C#N)CC. The standard InChI is InChI=1S/C27H23FN6/c1-4-17(2)10-18(3)26-21(13-29)11-19(14-33-26)15-34-27-25(28)22(7-9-31-27)23-12-20-6-5-8-30-24(20)16-32-23/h5-12,14,16H,2,4,15H2,1,3H3,(H,31,34)/b18-10+. The minimum absolute atomic E-state index is 0.100. The van der Waals surface area contributed by atoms with Gasteiger partial charge in [0.25, 0.3) is 0 Å². The van der Waals surface area contributed by atoms with E-state index in [0.29, 0.717) is 22.5 Å². The number of halogens is 1. The number of aromatic nitrogens is 4. The molecule has 4 aromatic heterocycles. The molecule has 0 unspecified atom stereocenters. The number of anilines is 1. The molecule has 0 atom stereocenters. The van der Waals surface area contributed by atoms with Gasteiger partial charge in [-0.1, -0.05) is 31.2 Å². The molecule has 0 aliphatic rings. The Bertz CT molecular complexity index is 1450. The third-order valence-corrected chi connectivity index (χ3v) is 5.43. The molecule has 0 spiro atoms. The van der Waals surface area contributed by atoms with E-state index in [9.17, 15) is 5.26 Å². The van der Waals surface area contributed by atoms with Gasteiger partial charge < -0.3 is 5.32 Å². The van der Waals surface area contributed by atoms with Crippen molar-refractivity contribution in [3.05, 3.63) is 96.0 Å². The highest BCUT2D eigenvalue weighted by Crippen LogP contribution is 2.27. The maximum atomic E-state index is 15.3. The smallest absolute Gasteiger partial charge is 0.174 e. The van der Waals surface area contributed by atoms with Crippen LogP contribution in [-0.2, 0) is 6.54 Å². The van der Waals surface area contributed by atoms with E-state index in [1.54, 1.807) is 36.8 Å². The Morgan fingerprint density at radius 2 is 2.00 bits per heavy atom. The van der Waals surface area contributed by atoms with Crippen LogP contribution in [0.5, 0.6) is 0 Å². The third-order valence-electron chi connectivity index (χ3n) is 5.43. The number of rotatable bonds is 7. The second-order valence-electron chi connectivity index (χ2n) is 7.83. The summed E-state index contributed by atoms with van der Waals surface area (Å²) >= 11 is 0. The van der Waals surface area contributed by atoms with Gasteiger partial charge >= 0.3 is 0 Å². The van der Waals surface area contributed by atoms with Crippen LogP contribution >= 0.6 is 0 Å². The number of hydrogen-bond donors (Lipinski definition) is 1. The highest BCUT2D eigenvalue weighted by molar-refractivity contribution is 5.82. The van der Waals surface area contributed by atoms with Crippen LogP contribution in [0.4, 0.5) is 10.2 Å². The molecule has 0 amide bonds. The maximum absolute atomic E-state index is 15.3. The van der Waals surface area contributed by atoms with Crippen LogP contribution in [0.3, 0.4) is 0 Å². The van der Waals surface area contributed by atoms with Gasteiger partial charge in [0.2, 0.25) is 0 Å². The monoisotopic (exact) mass is 450 g/mol. The minimum atomic E-state index is -0.500. The van der Waals surface area contributed by atoms with Crippen molar-refractivity contribution in [1.29, 1.82) is 5.26 Å². The van der Waals surface area contributed by atoms with Crippen molar-refractivity contribution in [3.8, 4) is 17.3 Å². The molecular formula is C27H23FN6. The topological polar surface area (TPSA) is 87.4 Å². The number of nitriles is 1. The Morgan fingerprint density at radius 3 is 2.79 bits per heavy atom. The number of pyridine rings is 4. The molecule has 34 heavy (non-hydrogen) atoms. The fraction of sp³-hybridized carbons (Fsp3) is 0.148. The first kappa shape index (κ1) is 22.7. The summed E-state index contributed by atoms with van der Waals surface area (Å²) in [5.74, 6) is -0.399. The average Bonchev–Trinajstić information content (AvgIpc) is 2.87. The van der Waals surface area contributed by atoms with Gasteiger partial charge in [0.05, 0.1) is 28.7 Å². The van der Waals surface area contributed by atoms with E-state index in [1.807, 2.05) is 32.1 Å². The van der Waals surface area contributed by atoms with E-state index >= 15 is 4.39 Å². The first-order valence-corrected chi connectivity index (χ1v) is 10.8. The van der Waals surface area contributed by atoms with E-state index in [4.69, 9.17) is 0 Å². The van der Waals surface area contributed by atoms with Crippen molar-refractivity contribution in [2.45, 2.75) is 26.8 Å². The fourth-order valence-electron chi connectivity index (χ4n) is 3.55. The Kier molecular flexibility index (Phi) is 6.69. The summed E-state index contributed by atoms with van der Waals surface area (Å²) in [5, 5.41) is 13.5. The lowest BCUT2D eigenvalue weighted by Crippen LogP contribution is -2.06. The predicted octanol–water partition coefficient (Wildman–Crippen LogP) is 6.08. The molecule has 0 saturated heterocycles. The van der Waals surface area contributed by atoms with E-state index in [-0.39, 0.29) is 12.4 Å². The molecule has 0 bridgehead atoms. The lowest BCUT2D eigenvalue weighted by molar-refractivity contribution is 0.627. The molecule has 4 aromatic rings. The van der Waals surface area contributed by atoms with Gasteiger partial charge in [-0.2, -0.15) is 5.26 Å². The largest absolute Gasteiger partial charge is 0.363 e. The Labute approximate surface area is 197 Å². The molecule has 4 heterocycles. The van der Waals surface area contributed by atoms with Crippen molar-refractivity contribution >= 4 is 22.3 Å². The third kappa shape index (κ3) is 4.81. The first-order chi connectivity index (χ1) is 16.5. The van der Waals surface area contributed by atoms with Crippen molar-refractivity contribution in [2.24, 2.45) is 0 Å². The van der Waals surface area contributed by atoms with Crippen LogP contribution in [0, 0.1) is 17.1 Å². The van der Waals surface area contributed by atoms with Crippen LogP contribution in [0.2, 0.25) is 0 Å². The van der Waals surface area contributed by atoms with Crippen molar-refractivity contribution in [1.82, 2.24) is 19.9 Å².